The highest BCUT2D eigenvalue weighted by Crippen LogP contribution is 2.29. The zero-order valence-corrected chi connectivity index (χ0v) is 10.4. The predicted octanol–water partition coefficient (Wildman–Crippen LogP) is 2.06. The van der Waals surface area contributed by atoms with Crippen molar-refractivity contribution < 1.29 is 9.53 Å². The van der Waals surface area contributed by atoms with Crippen molar-refractivity contribution in [3.8, 4) is 0 Å². The van der Waals surface area contributed by atoms with E-state index in [9.17, 15) is 4.79 Å². The summed E-state index contributed by atoms with van der Waals surface area (Å²) in [4.78, 5) is 14.1. The third-order valence-electron chi connectivity index (χ3n) is 4.09. The van der Waals surface area contributed by atoms with E-state index >= 15 is 0 Å². The van der Waals surface area contributed by atoms with E-state index in [-0.39, 0.29) is 12.1 Å². The van der Waals surface area contributed by atoms with Gasteiger partial charge in [-0.25, -0.2) is 0 Å². The normalized spacial score (nSPS) is 34.8. The number of esters is 1. The maximum atomic E-state index is 11.7. The molecule has 2 bridgehead atoms. The third kappa shape index (κ3) is 2.76. The molecule has 3 saturated heterocycles. The Morgan fingerprint density at radius 3 is 2.62 bits per heavy atom. The lowest BCUT2D eigenvalue weighted by atomic mass is 9.86. The Balaban J connectivity index is 1.79. The number of carbonyl (C=O) groups excluding carboxylic acids is 1. The lowest BCUT2D eigenvalue weighted by molar-refractivity contribution is -0.159. The minimum absolute atomic E-state index is 0.00750. The fourth-order valence-corrected chi connectivity index (χ4v) is 2.69. The fraction of sp³-hybridized carbons (Fsp3) is 0.923. The molecule has 0 N–H and O–H groups in total. The van der Waals surface area contributed by atoms with Crippen LogP contribution in [0.1, 0.15) is 39.5 Å². The zero-order valence-electron chi connectivity index (χ0n) is 10.4. The van der Waals surface area contributed by atoms with Gasteiger partial charge in [0.15, 0.2) is 0 Å². The highest BCUT2D eigenvalue weighted by Gasteiger charge is 2.36. The number of hydrogen-bond donors (Lipinski definition) is 0. The van der Waals surface area contributed by atoms with Gasteiger partial charge < -0.3 is 4.74 Å². The fourth-order valence-electron chi connectivity index (χ4n) is 2.69. The Hall–Kier alpha value is -0.570. The molecule has 16 heavy (non-hydrogen) atoms. The monoisotopic (exact) mass is 225 g/mol. The van der Waals surface area contributed by atoms with Crippen molar-refractivity contribution in [1.29, 1.82) is 0 Å². The maximum absolute atomic E-state index is 11.7. The number of rotatable bonds is 4. The van der Waals surface area contributed by atoms with Crippen LogP contribution in [0.25, 0.3) is 0 Å². The van der Waals surface area contributed by atoms with Gasteiger partial charge in [-0.2, -0.15) is 0 Å². The van der Waals surface area contributed by atoms with Crippen molar-refractivity contribution >= 4 is 5.97 Å². The van der Waals surface area contributed by atoms with Crippen molar-refractivity contribution in [2.45, 2.75) is 45.6 Å². The highest BCUT2D eigenvalue weighted by atomic mass is 16.5. The first-order valence-corrected chi connectivity index (χ1v) is 6.61. The van der Waals surface area contributed by atoms with Crippen LogP contribution in [0, 0.1) is 11.8 Å². The molecule has 3 heterocycles. The molecule has 0 radical (unpaired) electrons. The van der Waals surface area contributed by atoms with E-state index in [1.807, 2.05) is 0 Å². The number of hydrogen-bond acceptors (Lipinski definition) is 3. The number of fused-ring (bicyclic) bond motifs is 3. The van der Waals surface area contributed by atoms with Gasteiger partial charge in [-0.1, -0.05) is 20.3 Å². The first kappa shape index (κ1) is 11.9. The second kappa shape index (κ2) is 5.17. The van der Waals surface area contributed by atoms with Crippen LogP contribution in [-0.2, 0) is 9.53 Å². The molecular formula is C13H23NO2. The standard InChI is InChI=1S/C13H23NO2/c1-3-10(2)8-13(15)16-12-9-14-6-4-11(12)5-7-14/h10-12H,3-9H2,1-2H3/t10?,12-/m1/s1. The van der Waals surface area contributed by atoms with E-state index in [1.54, 1.807) is 0 Å². The quantitative estimate of drug-likeness (QED) is 0.686. The van der Waals surface area contributed by atoms with Crippen molar-refractivity contribution in [1.82, 2.24) is 4.90 Å². The first-order valence-electron chi connectivity index (χ1n) is 6.61. The van der Waals surface area contributed by atoms with Crippen LogP contribution in [0.2, 0.25) is 0 Å². The van der Waals surface area contributed by atoms with Crippen LogP contribution in [0.15, 0.2) is 0 Å². The van der Waals surface area contributed by atoms with Gasteiger partial charge in [0.25, 0.3) is 0 Å². The molecule has 0 saturated carbocycles. The van der Waals surface area contributed by atoms with Crippen LogP contribution in [-0.4, -0.2) is 36.6 Å². The molecule has 0 amide bonds. The summed E-state index contributed by atoms with van der Waals surface area (Å²) in [6, 6.07) is 0. The van der Waals surface area contributed by atoms with E-state index in [0.717, 1.165) is 13.0 Å². The maximum Gasteiger partial charge on any atom is 0.306 e. The molecule has 0 aromatic carbocycles. The molecule has 0 aromatic rings. The molecule has 3 aliphatic rings. The van der Waals surface area contributed by atoms with E-state index in [0.29, 0.717) is 18.3 Å². The van der Waals surface area contributed by atoms with Crippen molar-refractivity contribution in [2.75, 3.05) is 19.6 Å². The van der Waals surface area contributed by atoms with Gasteiger partial charge >= 0.3 is 5.97 Å². The van der Waals surface area contributed by atoms with E-state index in [4.69, 9.17) is 4.74 Å². The first-order chi connectivity index (χ1) is 7.69. The number of nitrogens with zero attached hydrogens (tertiary/aromatic N) is 1. The number of carbonyl (C=O) groups is 1. The average Bonchev–Trinajstić information content (AvgIpc) is 2.30. The molecule has 2 atom stereocenters. The Morgan fingerprint density at radius 1 is 1.44 bits per heavy atom. The van der Waals surface area contributed by atoms with Gasteiger partial charge in [-0.3, -0.25) is 9.69 Å². The zero-order chi connectivity index (χ0) is 11.5. The third-order valence-corrected chi connectivity index (χ3v) is 4.09. The summed E-state index contributed by atoms with van der Waals surface area (Å²) in [5.41, 5.74) is 0. The van der Waals surface area contributed by atoms with Crippen molar-refractivity contribution in [3.05, 3.63) is 0 Å². The minimum Gasteiger partial charge on any atom is -0.461 e. The van der Waals surface area contributed by atoms with Crippen LogP contribution in [0.5, 0.6) is 0 Å². The Morgan fingerprint density at radius 2 is 2.12 bits per heavy atom. The van der Waals surface area contributed by atoms with Gasteiger partial charge in [-0.05, 0) is 37.8 Å². The molecule has 92 valence electrons. The van der Waals surface area contributed by atoms with Gasteiger partial charge in [0.2, 0.25) is 0 Å². The minimum atomic E-state index is 0.00750. The molecule has 3 aliphatic heterocycles. The Labute approximate surface area is 98.1 Å². The second-order valence-electron chi connectivity index (χ2n) is 5.38. The molecule has 1 unspecified atom stereocenters. The van der Waals surface area contributed by atoms with Gasteiger partial charge in [-0.15, -0.1) is 0 Å². The van der Waals surface area contributed by atoms with Crippen LogP contribution >= 0.6 is 0 Å². The molecule has 3 nitrogen and oxygen atoms in total. The lowest BCUT2D eigenvalue weighted by Crippen LogP contribution is -2.52. The van der Waals surface area contributed by atoms with Crippen LogP contribution < -0.4 is 0 Å². The largest absolute Gasteiger partial charge is 0.461 e. The smallest absolute Gasteiger partial charge is 0.306 e. The molecule has 3 rings (SSSR count). The number of piperidine rings is 3. The van der Waals surface area contributed by atoms with Crippen LogP contribution in [0.4, 0.5) is 0 Å². The van der Waals surface area contributed by atoms with E-state index in [2.05, 4.69) is 18.7 Å². The summed E-state index contributed by atoms with van der Waals surface area (Å²) < 4.78 is 5.62. The van der Waals surface area contributed by atoms with Crippen molar-refractivity contribution in [3.63, 3.8) is 0 Å². The van der Waals surface area contributed by atoms with E-state index < -0.39 is 0 Å². The van der Waals surface area contributed by atoms with Gasteiger partial charge in [0.05, 0.1) is 0 Å². The Kier molecular flexibility index (Phi) is 3.85. The SMILES string of the molecule is CCC(C)CC(=O)O[C@@H]1CN2CCC1CC2. The second-order valence-corrected chi connectivity index (χ2v) is 5.38. The van der Waals surface area contributed by atoms with Gasteiger partial charge in [0.1, 0.15) is 6.10 Å². The molecule has 0 aromatic heterocycles. The van der Waals surface area contributed by atoms with Gasteiger partial charge in [0, 0.05) is 13.0 Å². The summed E-state index contributed by atoms with van der Waals surface area (Å²) in [7, 11) is 0. The summed E-state index contributed by atoms with van der Waals surface area (Å²) in [6.07, 6.45) is 4.23. The lowest BCUT2D eigenvalue weighted by Gasteiger charge is -2.44. The summed E-state index contributed by atoms with van der Waals surface area (Å²) in [5, 5.41) is 0. The van der Waals surface area contributed by atoms with E-state index in [1.165, 1.54) is 25.9 Å². The average molecular weight is 225 g/mol. The Bertz CT molecular complexity index is 246. The number of ether oxygens (including phenoxy) is 1. The molecule has 0 aliphatic carbocycles. The summed E-state index contributed by atoms with van der Waals surface area (Å²) >= 11 is 0. The topological polar surface area (TPSA) is 29.5 Å². The van der Waals surface area contributed by atoms with Crippen molar-refractivity contribution in [2.24, 2.45) is 11.8 Å². The summed E-state index contributed by atoms with van der Waals surface area (Å²) in [6.45, 7) is 7.59. The molecular weight excluding hydrogens is 202 g/mol. The molecule has 3 fully saturated rings. The molecule has 3 heteroatoms. The summed E-state index contributed by atoms with van der Waals surface area (Å²) in [5.74, 6) is 1.09. The molecule has 0 spiro atoms. The highest BCUT2D eigenvalue weighted by molar-refractivity contribution is 5.69. The van der Waals surface area contributed by atoms with Crippen LogP contribution in [0.3, 0.4) is 0 Å². The predicted molar refractivity (Wildman–Crippen MR) is 63.1 cm³/mol.